The minimum Gasteiger partial charge on any atom is -0.459 e. The molecule has 4 nitrogen and oxygen atoms in total. The first-order valence-corrected chi connectivity index (χ1v) is 7.69. The number of aromatic nitrogens is 1. The molecule has 5 heteroatoms. The normalized spacial score (nSPS) is 10.5. The Bertz CT molecular complexity index is 788. The molecule has 0 fully saturated rings. The molecule has 24 heavy (non-hydrogen) atoms. The maximum Gasteiger partial charge on any atom is 0.289 e. The molecule has 122 valence electrons. The van der Waals surface area contributed by atoms with Gasteiger partial charge >= 0.3 is 0 Å². The standard InChI is InChI=1S/C19H17FN2O2/c20-17-7-2-1-6-16(17)9-11-22(14-15-5-3-10-21-13-15)19(23)18-8-4-12-24-18/h1-8,10,12-13H,9,11,14H2. The van der Waals surface area contributed by atoms with Crippen LogP contribution >= 0.6 is 0 Å². The highest BCUT2D eigenvalue weighted by molar-refractivity contribution is 5.91. The number of carbonyl (C=O) groups is 1. The first-order chi connectivity index (χ1) is 11.7. The molecule has 0 atom stereocenters. The average molecular weight is 324 g/mol. The molecule has 0 bridgehead atoms. The van der Waals surface area contributed by atoms with Gasteiger partial charge in [0.05, 0.1) is 6.26 Å². The van der Waals surface area contributed by atoms with E-state index in [4.69, 9.17) is 4.42 Å². The van der Waals surface area contributed by atoms with Gasteiger partial charge in [0.2, 0.25) is 0 Å². The van der Waals surface area contributed by atoms with E-state index in [2.05, 4.69) is 4.98 Å². The number of nitrogens with zero attached hydrogens (tertiary/aromatic N) is 2. The monoisotopic (exact) mass is 324 g/mol. The molecule has 0 saturated carbocycles. The molecule has 0 aliphatic carbocycles. The first kappa shape index (κ1) is 15.9. The quantitative estimate of drug-likeness (QED) is 0.694. The SMILES string of the molecule is O=C(c1ccco1)N(CCc1ccccc1F)Cc1cccnc1. The highest BCUT2D eigenvalue weighted by Gasteiger charge is 2.19. The Kier molecular flexibility index (Phi) is 5.01. The fourth-order valence-corrected chi connectivity index (χ4v) is 2.48. The van der Waals surface area contributed by atoms with E-state index >= 15 is 0 Å². The lowest BCUT2D eigenvalue weighted by molar-refractivity contribution is 0.0712. The smallest absolute Gasteiger partial charge is 0.289 e. The van der Waals surface area contributed by atoms with Crippen molar-refractivity contribution >= 4 is 5.91 Å². The van der Waals surface area contributed by atoms with Gasteiger partial charge in [0, 0.05) is 25.5 Å². The van der Waals surface area contributed by atoms with Crippen molar-refractivity contribution in [3.63, 3.8) is 0 Å². The van der Waals surface area contributed by atoms with Gasteiger partial charge < -0.3 is 9.32 Å². The maximum absolute atomic E-state index is 13.8. The largest absolute Gasteiger partial charge is 0.459 e. The lowest BCUT2D eigenvalue weighted by Gasteiger charge is -2.22. The van der Waals surface area contributed by atoms with Crippen molar-refractivity contribution in [1.82, 2.24) is 9.88 Å². The van der Waals surface area contributed by atoms with Crippen molar-refractivity contribution in [3.05, 3.63) is 89.9 Å². The zero-order valence-corrected chi connectivity index (χ0v) is 13.1. The van der Waals surface area contributed by atoms with E-state index in [9.17, 15) is 9.18 Å². The molecular formula is C19H17FN2O2. The number of rotatable bonds is 6. The minimum absolute atomic E-state index is 0.222. The molecule has 0 aliphatic rings. The van der Waals surface area contributed by atoms with Crippen molar-refractivity contribution in [2.45, 2.75) is 13.0 Å². The third kappa shape index (κ3) is 3.87. The van der Waals surface area contributed by atoms with Gasteiger partial charge in [0.15, 0.2) is 5.76 Å². The molecule has 1 aromatic carbocycles. The highest BCUT2D eigenvalue weighted by Crippen LogP contribution is 2.13. The van der Waals surface area contributed by atoms with E-state index in [1.807, 2.05) is 12.1 Å². The number of amides is 1. The Morgan fingerprint density at radius 2 is 2.00 bits per heavy atom. The summed E-state index contributed by atoms with van der Waals surface area (Å²) < 4.78 is 19.0. The second-order valence-corrected chi connectivity index (χ2v) is 5.41. The predicted molar refractivity (Wildman–Crippen MR) is 87.8 cm³/mol. The van der Waals surface area contributed by atoms with Crippen LogP contribution in [-0.2, 0) is 13.0 Å². The van der Waals surface area contributed by atoms with Crippen LogP contribution in [0.5, 0.6) is 0 Å². The van der Waals surface area contributed by atoms with Gasteiger partial charge in [-0.2, -0.15) is 0 Å². The number of furan rings is 1. The van der Waals surface area contributed by atoms with Gasteiger partial charge in [-0.1, -0.05) is 24.3 Å². The Labute approximate surface area is 139 Å². The second kappa shape index (κ2) is 7.55. The van der Waals surface area contributed by atoms with Crippen molar-refractivity contribution in [1.29, 1.82) is 0 Å². The summed E-state index contributed by atoms with van der Waals surface area (Å²) in [6.45, 7) is 0.775. The van der Waals surface area contributed by atoms with Gasteiger partial charge in [-0.05, 0) is 41.8 Å². The van der Waals surface area contributed by atoms with Gasteiger partial charge in [-0.25, -0.2) is 4.39 Å². The summed E-state index contributed by atoms with van der Waals surface area (Å²) in [6, 6.07) is 13.6. The number of halogens is 1. The van der Waals surface area contributed by atoms with E-state index in [0.717, 1.165) is 5.56 Å². The van der Waals surface area contributed by atoms with Gasteiger partial charge in [-0.3, -0.25) is 9.78 Å². The first-order valence-electron chi connectivity index (χ1n) is 7.69. The van der Waals surface area contributed by atoms with Crippen molar-refractivity contribution in [2.75, 3.05) is 6.54 Å². The van der Waals surface area contributed by atoms with Crippen LogP contribution in [0.3, 0.4) is 0 Å². The topological polar surface area (TPSA) is 46.3 Å². The second-order valence-electron chi connectivity index (χ2n) is 5.41. The molecule has 0 spiro atoms. The number of benzene rings is 1. The molecule has 0 aliphatic heterocycles. The molecule has 0 N–H and O–H groups in total. The fourth-order valence-electron chi connectivity index (χ4n) is 2.48. The summed E-state index contributed by atoms with van der Waals surface area (Å²) in [5.41, 5.74) is 1.49. The van der Waals surface area contributed by atoms with Crippen LogP contribution < -0.4 is 0 Å². The maximum atomic E-state index is 13.8. The third-order valence-corrected chi connectivity index (χ3v) is 3.72. The van der Waals surface area contributed by atoms with E-state index in [0.29, 0.717) is 25.1 Å². The summed E-state index contributed by atoms with van der Waals surface area (Å²) in [7, 11) is 0. The average Bonchev–Trinajstić information content (AvgIpc) is 3.15. The molecule has 0 saturated heterocycles. The van der Waals surface area contributed by atoms with Crippen molar-refractivity contribution < 1.29 is 13.6 Å². The Morgan fingerprint density at radius 3 is 2.71 bits per heavy atom. The Balaban J connectivity index is 1.76. The molecule has 0 unspecified atom stereocenters. The minimum atomic E-state index is -0.260. The summed E-state index contributed by atoms with van der Waals surface area (Å²) in [4.78, 5) is 18.3. The van der Waals surface area contributed by atoms with Crippen LogP contribution in [0.25, 0.3) is 0 Å². The van der Waals surface area contributed by atoms with Gasteiger partial charge in [0.1, 0.15) is 5.82 Å². The molecule has 0 radical (unpaired) electrons. The lowest BCUT2D eigenvalue weighted by Crippen LogP contribution is -2.32. The number of hydrogen-bond acceptors (Lipinski definition) is 3. The predicted octanol–water partition coefficient (Wildman–Crippen LogP) is 3.70. The van der Waals surface area contributed by atoms with Gasteiger partial charge in [0.25, 0.3) is 5.91 Å². The van der Waals surface area contributed by atoms with Crippen molar-refractivity contribution in [2.24, 2.45) is 0 Å². The lowest BCUT2D eigenvalue weighted by atomic mass is 10.1. The van der Waals surface area contributed by atoms with Gasteiger partial charge in [-0.15, -0.1) is 0 Å². The van der Waals surface area contributed by atoms with Crippen LogP contribution in [0, 0.1) is 5.82 Å². The van der Waals surface area contributed by atoms with Crippen LogP contribution in [0.2, 0.25) is 0 Å². The summed E-state index contributed by atoms with van der Waals surface area (Å²) in [5, 5.41) is 0. The Morgan fingerprint density at radius 1 is 1.12 bits per heavy atom. The third-order valence-electron chi connectivity index (χ3n) is 3.72. The van der Waals surface area contributed by atoms with E-state index in [-0.39, 0.29) is 17.5 Å². The Hall–Kier alpha value is -2.95. The number of carbonyl (C=O) groups excluding carboxylic acids is 1. The number of hydrogen-bond donors (Lipinski definition) is 0. The van der Waals surface area contributed by atoms with Crippen LogP contribution in [0.1, 0.15) is 21.7 Å². The zero-order valence-electron chi connectivity index (χ0n) is 13.1. The van der Waals surface area contributed by atoms with Crippen LogP contribution in [0.4, 0.5) is 4.39 Å². The van der Waals surface area contributed by atoms with E-state index in [1.165, 1.54) is 12.3 Å². The van der Waals surface area contributed by atoms with Crippen LogP contribution in [0.15, 0.2) is 71.6 Å². The summed E-state index contributed by atoms with van der Waals surface area (Å²) in [6.07, 6.45) is 5.29. The molecule has 2 heterocycles. The van der Waals surface area contributed by atoms with E-state index in [1.54, 1.807) is 47.6 Å². The molecule has 2 aromatic heterocycles. The molecular weight excluding hydrogens is 307 g/mol. The van der Waals surface area contributed by atoms with E-state index < -0.39 is 0 Å². The van der Waals surface area contributed by atoms with Crippen molar-refractivity contribution in [3.8, 4) is 0 Å². The zero-order chi connectivity index (χ0) is 16.8. The highest BCUT2D eigenvalue weighted by atomic mass is 19.1. The number of pyridine rings is 1. The summed E-state index contributed by atoms with van der Waals surface area (Å²) in [5.74, 6) is -0.211. The molecule has 1 amide bonds. The molecule has 3 aromatic rings. The van der Waals surface area contributed by atoms with Crippen LogP contribution in [-0.4, -0.2) is 22.3 Å². The fraction of sp³-hybridized carbons (Fsp3) is 0.158. The summed E-state index contributed by atoms with van der Waals surface area (Å²) >= 11 is 0. The molecule has 3 rings (SSSR count).